The molecule has 0 bridgehead atoms. The topological polar surface area (TPSA) is 46.1 Å². The van der Waals surface area contributed by atoms with E-state index in [1.165, 1.54) is 21.2 Å². The Kier molecular flexibility index (Phi) is 5.19. The molecule has 0 spiro atoms. The van der Waals surface area contributed by atoms with Crippen molar-refractivity contribution in [2.24, 2.45) is 0 Å². The molecule has 5 heteroatoms. The van der Waals surface area contributed by atoms with E-state index in [0.717, 1.165) is 41.7 Å². The van der Waals surface area contributed by atoms with E-state index in [1.54, 1.807) is 0 Å². The summed E-state index contributed by atoms with van der Waals surface area (Å²) >= 11 is 1.84. The van der Waals surface area contributed by atoms with Crippen LogP contribution >= 0.6 is 11.8 Å². The number of nitrogens with one attached hydrogen (secondary N) is 1. The maximum absolute atomic E-state index is 9.18. The number of nitrogens with zero attached hydrogens (tertiary/aromatic N) is 3. The Morgan fingerprint density at radius 3 is 2.65 bits per heavy atom. The quantitative estimate of drug-likeness (QED) is 0.411. The van der Waals surface area contributed by atoms with Crippen LogP contribution in [0.5, 0.6) is 0 Å². The molecular formula is C26H24N4S. The van der Waals surface area contributed by atoms with Crippen LogP contribution in [0, 0.1) is 11.3 Å². The van der Waals surface area contributed by atoms with Crippen LogP contribution in [0.25, 0.3) is 22.2 Å². The van der Waals surface area contributed by atoms with Gasteiger partial charge in [0.1, 0.15) is 0 Å². The van der Waals surface area contributed by atoms with Gasteiger partial charge in [-0.05, 0) is 81.2 Å². The van der Waals surface area contributed by atoms with Gasteiger partial charge in [0, 0.05) is 32.9 Å². The first kappa shape index (κ1) is 19.7. The van der Waals surface area contributed by atoms with Crippen LogP contribution in [0.15, 0.2) is 76.5 Å². The highest BCUT2D eigenvalue weighted by atomic mass is 32.2. The Bertz CT molecular complexity index is 1300. The van der Waals surface area contributed by atoms with Crippen molar-refractivity contribution in [3.8, 4) is 17.3 Å². The number of hydrogen-bond acceptors (Lipinski definition) is 4. The highest BCUT2D eigenvalue weighted by Crippen LogP contribution is 2.49. The monoisotopic (exact) mass is 424 g/mol. The Labute approximate surface area is 187 Å². The van der Waals surface area contributed by atoms with Crippen molar-refractivity contribution in [3.05, 3.63) is 72.3 Å². The Hall–Kier alpha value is -3.20. The third-order valence-electron chi connectivity index (χ3n) is 5.67. The molecule has 3 aromatic carbocycles. The van der Waals surface area contributed by atoms with Crippen LogP contribution in [-0.4, -0.2) is 37.1 Å². The summed E-state index contributed by atoms with van der Waals surface area (Å²) in [5.74, 6) is 0. The molecule has 1 N–H and O–H groups in total. The first-order valence-electron chi connectivity index (χ1n) is 10.5. The Morgan fingerprint density at radius 2 is 1.81 bits per heavy atom. The summed E-state index contributed by atoms with van der Waals surface area (Å²) in [6.07, 6.45) is 1.11. The van der Waals surface area contributed by atoms with Crippen molar-refractivity contribution in [2.45, 2.75) is 16.2 Å². The summed E-state index contributed by atoms with van der Waals surface area (Å²) in [6, 6.07) is 25.5. The average Bonchev–Trinajstić information content (AvgIpc) is 3.21. The molecule has 0 unspecified atom stereocenters. The molecule has 0 radical (unpaired) electrons. The summed E-state index contributed by atoms with van der Waals surface area (Å²) in [6.45, 7) is 2.06. The van der Waals surface area contributed by atoms with Gasteiger partial charge in [-0.25, -0.2) is 0 Å². The number of fused-ring (bicyclic) bond motifs is 3. The van der Waals surface area contributed by atoms with Crippen LogP contribution in [0.4, 0.5) is 11.4 Å². The van der Waals surface area contributed by atoms with E-state index in [0.29, 0.717) is 5.56 Å². The summed E-state index contributed by atoms with van der Waals surface area (Å²) in [5, 5.41) is 10.2. The van der Waals surface area contributed by atoms with Gasteiger partial charge >= 0.3 is 0 Å². The fourth-order valence-electron chi connectivity index (χ4n) is 4.14. The van der Waals surface area contributed by atoms with E-state index < -0.39 is 0 Å². The van der Waals surface area contributed by atoms with Crippen molar-refractivity contribution in [3.63, 3.8) is 0 Å². The van der Waals surface area contributed by atoms with Gasteiger partial charge < -0.3 is 14.8 Å². The van der Waals surface area contributed by atoms with Crippen LogP contribution < -0.4 is 4.90 Å². The first-order chi connectivity index (χ1) is 15.1. The predicted octanol–water partition coefficient (Wildman–Crippen LogP) is 6.26. The zero-order valence-corrected chi connectivity index (χ0v) is 18.5. The number of benzene rings is 3. The molecule has 0 atom stereocenters. The third-order valence-corrected chi connectivity index (χ3v) is 6.79. The molecular weight excluding hydrogens is 400 g/mol. The third kappa shape index (κ3) is 3.81. The van der Waals surface area contributed by atoms with Crippen molar-refractivity contribution in [2.75, 3.05) is 32.1 Å². The minimum absolute atomic E-state index is 0.684. The SMILES string of the molecule is CN(C)CCCN1c2ccccc2Sc2cc(-c3cc4cc(C#N)ccc4[nH]3)ccc21. The second-order valence-electron chi connectivity index (χ2n) is 8.16. The van der Waals surface area contributed by atoms with Gasteiger partial charge in [0.2, 0.25) is 0 Å². The van der Waals surface area contributed by atoms with E-state index in [4.69, 9.17) is 0 Å². The van der Waals surface area contributed by atoms with Gasteiger partial charge in [-0.1, -0.05) is 30.0 Å². The van der Waals surface area contributed by atoms with Crippen LogP contribution in [-0.2, 0) is 0 Å². The van der Waals surface area contributed by atoms with E-state index in [2.05, 4.69) is 83.5 Å². The molecule has 0 saturated carbocycles. The summed E-state index contributed by atoms with van der Waals surface area (Å²) in [5.41, 5.74) is 6.54. The molecule has 0 amide bonds. The van der Waals surface area contributed by atoms with Crippen LogP contribution in [0.2, 0.25) is 0 Å². The highest BCUT2D eigenvalue weighted by molar-refractivity contribution is 7.99. The molecule has 4 aromatic rings. The summed E-state index contributed by atoms with van der Waals surface area (Å²) < 4.78 is 0. The lowest BCUT2D eigenvalue weighted by Gasteiger charge is -2.33. The molecule has 0 fully saturated rings. The maximum atomic E-state index is 9.18. The minimum Gasteiger partial charge on any atom is -0.355 e. The van der Waals surface area contributed by atoms with Gasteiger partial charge in [0.15, 0.2) is 0 Å². The summed E-state index contributed by atoms with van der Waals surface area (Å²) in [4.78, 5) is 10.8. The van der Waals surface area contributed by atoms with Crippen LogP contribution in [0.1, 0.15) is 12.0 Å². The van der Waals surface area contributed by atoms with E-state index in [1.807, 2.05) is 30.0 Å². The van der Waals surface area contributed by atoms with Crippen molar-refractivity contribution < 1.29 is 0 Å². The fraction of sp³-hybridized carbons (Fsp3) is 0.192. The number of anilines is 2. The van der Waals surface area contributed by atoms with Crippen molar-refractivity contribution in [1.82, 2.24) is 9.88 Å². The predicted molar refractivity (Wildman–Crippen MR) is 129 cm³/mol. The largest absolute Gasteiger partial charge is 0.355 e. The molecule has 4 nitrogen and oxygen atoms in total. The first-order valence-corrected chi connectivity index (χ1v) is 11.3. The molecule has 1 aromatic heterocycles. The Morgan fingerprint density at radius 1 is 0.968 bits per heavy atom. The average molecular weight is 425 g/mol. The number of aromatic nitrogens is 1. The standard InChI is InChI=1S/C26H24N4S/c1-29(2)12-5-13-30-23-6-3-4-7-25(23)31-26-16-19(9-11-24(26)30)22-15-20-14-18(17-27)8-10-21(20)28-22/h3-4,6-11,14-16,28H,5,12-13H2,1-2H3. The summed E-state index contributed by atoms with van der Waals surface area (Å²) in [7, 11) is 4.25. The molecule has 1 aliphatic rings. The van der Waals surface area contributed by atoms with Gasteiger partial charge in [0.25, 0.3) is 0 Å². The zero-order valence-electron chi connectivity index (χ0n) is 17.7. The van der Waals surface area contributed by atoms with E-state index in [9.17, 15) is 5.26 Å². The lowest BCUT2D eigenvalue weighted by Crippen LogP contribution is -2.25. The van der Waals surface area contributed by atoms with Crippen molar-refractivity contribution in [1.29, 1.82) is 5.26 Å². The second-order valence-corrected chi connectivity index (χ2v) is 9.24. The van der Waals surface area contributed by atoms with Crippen molar-refractivity contribution >= 4 is 34.0 Å². The molecule has 1 aliphatic heterocycles. The van der Waals surface area contributed by atoms with E-state index in [-0.39, 0.29) is 0 Å². The number of hydrogen-bond donors (Lipinski definition) is 1. The van der Waals surface area contributed by atoms with Gasteiger partial charge in [-0.2, -0.15) is 5.26 Å². The molecule has 31 heavy (non-hydrogen) atoms. The number of rotatable bonds is 5. The lowest BCUT2D eigenvalue weighted by atomic mass is 10.1. The molecule has 2 heterocycles. The van der Waals surface area contributed by atoms with Crippen LogP contribution in [0.3, 0.4) is 0 Å². The number of nitriles is 1. The zero-order chi connectivity index (χ0) is 21.4. The van der Waals surface area contributed by atoms with Gasteiger partial charge in [-0.3, -0.25) is 0 Å². The Balaban J connectivity index is 1.52. The minimum atomic E-state index is 0.684. The number of para-hydroxylation sites is 1. The normalized spacial score (nSPS) is 12.6. The molecule has 0 aliphatic carbocycles. The maximum Gasteiger partial charge on any atom is 0.0991 e. The molecule has 154 valence electrons. The smallest absolute Gasteiger partial charge is 0.0991 e. The number of H-pyrrole nitrogens is 1. The van der Waals surface area contributed by atoms with Gasteiger partial charge in [0.05, 0.1) is 23.0 Å². The molecule has 0 saturated heterocycles. The number of aromatic amines is 1. The fourth-order valence-corrected chi connectivity index (χ4v) is 5.28. The second kappa shape index (κ2) is 8.14. The lowest BCUT2D eigenvalue weighted by molar-refractivity contribution is 0.402. The van der Waals surface area contributed by atoms with Gasteiger partial charge in [-0.15, -0.1) is 0 Å². The molecule has 5 rings (SSSR count). The highest BCUT2D eigenvalue weighted by Gasteiger charge is 2.23. The van der Waals surface area contributed by atoms with E-state index >= 15 is 0 Å².